The average Bonchev–Trinajstić information content (AvgIpc) is 3.30. The lowest BCUT2D eigenvalue weighted by molar-refractivity contribution is -0.274. The molecule has 2 aromatic rings. The number of ether oxygens (including phenoxy) is 1. The van der Waals surface area contributed by atoms with Crippen molar-refractivity contribution in [1.29, 1.82) is 0 Å². The van der Waals surface area contributed by atoms with Gasteiger partial charge in [0.2, 0.25) is 0 Å². The second kappa shape index (κ2) is 6.81. The SMILES string of the molecule is Cc1ccc(C(=O)N2C[C@H]3C[C@H]3[C@H]2CN)c(-c2cccc(OC(F)(F)F)c2)c1. The maximum Gasteiger partial charge on any atom is 0.573 e. The molecule has 0 spiro atoms. The second-order valence-electron chi connectivity index (χ2n) is 7.54. The Morgan fingerprint density at radius 1 is 1.25 bits per heavy atom. The van der Waals surface area contributed by atoms with E-state index in [2.05, 4.69) is 4.74 Å². The maximum absolute atomic E-state index is 13.3. The molecule has 1 heterocycles. The predicted octanol–water partition coefficient (Wildman–Crippen LogP) is 3.98. The number of nitrogens with zero attached hydrogens (tertiary/aromatic N) is 1. The molecule has 3 atom stereocenters. The quantitative estimate of drug-likeness (QED) is 0.859. The van der Waals surface area contributed by atoms with Crippen LogP contribution in [0.1, 0.15) is 22.3 Å². The summed E-state index contributed by atoms with van der Waals surface area (Å²) in [5.41, 5.74) is 8.36. The molecule has 0 unspecified atom stereocenters. The summed E-state index contributed by atoms with van der Waals surface area (Å²) in [6.45, 7) is 2.99. The van der Waals surface area contributed by atoms with Crippen LogP contribution in [0.25, 0.3) is 11.1 Å². The highest BCUT2D eigenvalue weighted by Gasteiger charge is 2.53. The van der Waals surface area contributed by atoms with E-state index in [1.54, 1.807) is 12.1 Å². The highest BCUT2D eigenvalue weighted by molar-refractivity contribution is 6.01. The van der Waals surface area contributed by atoms with Crippen molar-refractivity contribution in [2.24, 2.45) is 17.6 Å². The number of aryl methyl sites for hydroxylation is 1. The standard InChI is InChI=1S/C21H21F3N2O2/c1-12-5-6-16(20(27)26-11-14-9-18(14)19(26)10-25)17(7-12)13-3-2-4-15(8-13)28-21(22,23)24/h2-8,14,18-19H,9-11,25H2,1H3/t14-,18-,19-/m1/s1. The largest absolute Gasteiger partial charge is 0.573 e. The number of rotatable bonds is 4. The molecule has 1 saturated carbocycles. The van der Waals surface area contributed by atoms with Crippen LogP contribution in [-0.2, 0) is 0 Å². The number of alkyl halides is 3. The topological polar surface area (TPSA) is 55.6 Å². The van der Waals surface area contributed by atoms with Gasteiger partial charge >= 0.3 is 6.36 Å². The average molecular weight is 390 g/mol. The highest BCUT2D eigenvalue weighted by atomic mass is 19.4. The first-order valence-electron chi connectivity index (χ1n) is 9.24. The molecule has 7 heteroatoms. The number of halogens is 3. The number of amides is 1. The third kappa shape index (κ3) is 3.58. The van der Waals surface area contributed by atoms with E-state index in [4.69, 9.17) is 5.73 Å². The first kappa shape index (κ1) is 18.8. The van der Waals surface area contributed by atoms with Crippen LogP contribution >= 0.6 is 0 Å². The molecular formula is C21H21F3N2O2. The fourth-order valence-electron chi connectivity index (χ4n) is 4.21. The van der Waals surface area contributed by atoms with E-state index in [0.717, 1.165) is 12.0 Å². The summed E-state index contributed by atoms with van der Waals surface area (Å²) in [5.74, 6) is 0.563. The molecule has 148 valence electrons. The van der Waals surface area contributed by atoms with Crippen molar-refractivity contribution in [2.75, 3.05) is 13.1 Å². The minimum absolute atomic E-state index is 0.0338. The Labute approximate surface area is 161 Å². The number of piperidine rings is 1. The zero-order valence-electron chi connectivity index (χ0n) is 15.4. The molecule has 0 bridgehead atoms. The summed E-state index contributed by atoms with van der Waals surface area (Å²) in [5, 5.41) is 0. The normalized spacial score (nSPS) is 23.5. The summed E-state index contributed by atoms with van der Waals surface area (Å²) in [6.07, 6.45) is -3.65. The van der Waals surface area contributed by atoms with Crippen LogP contribution in [0.3, 0.4) is 0 Å². The van der Waals surface area contributed by atoms with Gasteiger partial charge in [0.1, 0.15) is 5.75 Å². The van der Waals surface area contributed by atoms with Gasteiger partial charge in [-0.05, 0) is 54.5 Å². The van der Waals surface area contributed by atoms with E-state index < -0.39 is 6.36 Å². The molecule has 1 aliphatic heterocycles. The van der Waals surface area contributed by atoms with Crippen molar-refractivity contribution in [1.82, 2.24) is 4.90 Å². The Hall–Kier alpha value is -2.54. The van der Waals surface area contributed by atoms with Gasteiger partial charge in [0, 0.05) is 24.7 Å². The smallest absolute Gasteiger partial charge is 0.406 e. The van der Waals surface area contributed by atoms with E-state index in [1.807, 2.05) is 24.0 Å². The third-order valence-electron chi connectivity index (χ3n) is 5.59. The van der Waals surface area contributed by atoms with Crippen LogP contribution in [0.4, 0.5) is 13.2 Å². The van der Waals surface area contributed by atoms with Crippen LogP contribution in [0, 0.1) is 18.8 Å². The van der Waals surface area contributed by atoms with E-state index in [0.29, 0.717) is 41.6 Å². The number of benzene rings is 2. The Morgan fingerprint density at radius 2 is 2.04 bits per heavy atom. The van der Waals surface area contributed by atoms with Gasteiger partial charge in [-0.3, -0.25) is 4.79 Å². The van der Waals surface area contributed by atoms with Crippen LogP contribution < -0.4 is 10.5 Å². The van der Waals surface area contributed by atoms with Crippen molar-refractivity contribution >= 4 is 5.91 Å². The number of nitrogens with two attached hydrogens (primary N) is 1. The number of likely N-dealkylation sites (tertiary alicyclic amines) is 1. The number of hydrogen-bond donors (Lipinski definition) is 1. The number of carbonyl (C=O) groups is 1. The summed E-state index contributed by atoms with van der Waals surface area (Å²) < 4.78 is 41.8. The van der Waals surface area contributed by atoms with Gasteiger partial charge in [-0.1, -0.05) is 29.8 Å². The molecule has 2 aromatic carbocycles. The van der Waals surface area contributed by atoms with Gasteiger partial charge in [-0.15, -0.1) is 13.2 Å². The first-order valence-corrected chi connectivity index (χ1v) is 9.24. The zero-order chi connectivity index (χ0) is 20.1. The Kier molecular flexibility index (Phi) is 4.57. The molecule has 0 aromatic heterocycles. The van der Waals surface area contributed by atoms with Gasteiger partial charge in [0.05, 0.1) is 0 Å². The Bertz CT molecular complexity index is 913. The van der Waals surface area contributed by atoms with Crippen molar-refractivity contribution in [3.8, 4) is 16.9 Å². The molecule has 1 saturated heterocycles. The van der Waals surface area contributed by atoms with Gasteiger partial charge < -0.3 is 15.4 Å². The monoisotopic (exact) mass is 390 g/mol. The minimum atomic E-state index is -4.77. The third-order valence-corrected chi connectivity index (χ3v) is 5.59. The van der Waals surface area contributed by atoms with Crippen LogP contribution in [0.15, 0.2) is 42.5 Å². The molecule has 2 aliphatic rings. The van der Waals surface area contributed by atoms with Gasteiger partial charge in [-0.25, -0.2) is 0 Å². The highest BCUT2D eigenvalue weighted by Crippen LogP contribution is 2.49. The van der Waals surface area contributed by atoms with Crippen molar-refractivity contribution < 1.29 is 22.7 Å². The fraction of sp³-hybridized carbons (Fsp3) is 0.381. The molecule has 1 amide bonds. The zero-order valence-corrected chi connectivity index (χ0v) is 15.4. The van der Waals surface area contributed by atoms with Crippen LogP contribution in [-0.4, -0.2) is 36.3 Å². The molecule has 4 rings (SSSR count). The van der Waals surface area contributed by atoms with E-state index in [9.17, 15) is 18.0 Å². The lowest BCUT2D eigenvalue weighted by Gasteiger charge is -2.27. The lowest BCUT2D eigenvalue weighted by atomic mass is 9.96. The van der Waals surface area contributed by atoms with Gasteiger partial charge in [-0.2, -0.15) is 0 Å². The molecule has 2 N–H and O–H groups in total. The summed E-state index contributed by atoms with van der Waals surface area (Å²) >= 11 is 0. The van der Waals surface area contributed by atoms with E-state index in [1.165, 1.54) is 18.2 Å². The summed E-state index contributed by atoms with van der Waals surface area (Å²) in [6, 6.07) is 11.1. The van der Waals surface area contributed by atoms with Crippen molar-refractivity contribution in [3.63, 3.8) is 0 Å². The van der Waals surface area contributed by atoms with E-state index >= 15 is 0 Å². The van der Waals surface area contributed by atoms with Gasteiger partial charge in [0.25, 0.3) is 5.91 Å². The summed E-state index contributed by atoms with van der Waals surface area (Å²) in [4.78, 5) is 15.1. The molecule has 2 fully saturated rings. The Balaban J connectivity index is 1.70. The molecule has 0 radical (unpaired) electrons. The van der Waals surface area contributed by atoms with E-state index in [-0.39, 0.29) is 17.7 Å². The molecular weight excluding hydrogens is 369 g/mol. The number of fused-ring (bicyclic) bond motifs is 1. The first-order chi connectivity index (χ1) is 13.3. The Morgan fingerprint density at radius 3 is 2.75 bits per heavy atom. The van der Waals surface area contributed by atoms with Crippen molar-refractivity contribution in [2.45, 2.75) is 25.7 Å². The molecule has 4 nitrogen and oxygen atoms in total. The number of carbonyl (C=O) groups excluding carboxylic acids is 1. The van der Waals surface area contributed by atoms with Crippen molar-refractivity contribution in [3.05, 3.63) is 53.6 Å². The molecule has 1 aliphatic carbocycles. The predicted molar refractivity (Wildman–Crippen MR) is 98.8 cm³/mol. The fourth-order valence-corrected chi connectivity index (χ4v) is 4.21. The minimum Gasteiger partial charge on any atom is -0.406 e. The summed E-state index contributed by atoms with van der Waals surface area (Å²) in [7, 11) is 0. The number of hydrogen-bond acceptors (Lipinski definition) is 3. The second-order valence-corrected chi connectivity index (χ2v) is 7.54. The maximum atomic E-state index is 13.3. The van der Waals surface area contributed by atoms with Gasteiger partial charge in [0.15, 0.2) is 0 Å². The van der Waals surface area contributed by atoms with Crippen LogP contribution in [0.5, 0.6) is 5.75 Å². The molecule has 28 heavy (non-hydrogen) atoms. The van der Waals surface area contributed by atoms with Crippen LogP contribution in [0.2, 0.25) is 0 Å². The lowest BCUT2D eigenvalue weighted by Crippen LogP contribution is -2.43.